The number of anilines is 1. The molecule has 1 aromatic heterocycles. The van der Waals surface area contributed by atoms with Crippen molar-refractivity contribution < 1.29 is 0 Å². The van der Waals surface area contributed by atoms with Gasteiger partial charge in [-0.15, -0.1) is 0 Å². The molecule has 1 heterocycles. The molecular weight excluding hydrogens is 150 g/mol. The van der Waals surface area contributed by atoms with Gasteiger partial charge in [0.1, 0.15) is 0 Å². The molecule has 64 valence electrons. The Balaban J connectivity index is 2.19. The van der Waals surface area contributed by atoms with Gasteiger partial charge in [0.15, 0.2) is 0 Å². The average Bonchev–Trinajstić information content (AvgIpc) is 2.02. The van der Waals surface area contributed by atoms with Crippen LogP contribution in [0.5, 0.6) is 0 Å². The van der Waals surface area contributed by atoms with Gasteiger partial charge in [0.2, 0.25) is 5.95 Å². The Bertz CT molecular complexity index is 268. The van der Waals surface area contributed by atoms with Gasteiger partial charge in [-0.05, 0) is 18.9 Å². The molecule has 12 heavy (non-hydrogen) atoms. The molecule has 2 rings (SSSR count). The maximum atomic E-state index is 4.39. The molecule has 0 atom stereocenters. The summed E-state index contributed by atoms with van der Waals surface area (Å²) in [7, 11) is 1.85. The highest BCUT2D eigenvalue weighted by atomic mass is 15.1. The van der Waals surface area contributed by atoms with Crippen molar-refractivity contribution in [2.75, 3.05) is 12.4 Å². The molecule has 0 aliphatic heterocycles. The van der Waals surface area contributed by atoms with Crippen LogP contribution in [0.1, 0.15) is 30.9 Å². The van der Waals surface area contributed by atoms with Crippen molar-refractivity contribution in [2.24, 2.45) is 0 Å². The maximum absolute atomic E-state index is 4.39. The van der Waals surface area contributed by atoms with Crippen LogP contribution in [0.2, 0.25) is 0 Å². The van der Waals surface area contributed by atoms with Crippen molar-refractivity contribution in [2.45, 2.75) is 25.2 Å². The van der Waals surface area contributed by atoms with Crippen LogP contribution >= 0.6 is 0 Å². The summed E-state index contributed by atoms with van der Waals surface area (Å²) in [5.74, 6) is 1.43. The lowest BCUT2D eigenvalue weighted by atomic mass is 9.83. The molecule has 0 aromatic carbocycles. The van der Waals surface area contributed by atoms with Crippen LogP contribution in [0.25, 0.3) is 0 Å². The van der Waals surface area contributed by atoms with Crippen molar-refractivity contribution in [3.63, 3.8) is 0 Å². The van der Waals surface area contributed by atoms with Crippen molar-refractivity contribution >= 4 is 5.95 Å². The number of nitrogens with one attached hydrogen (secondary N) is 1. The van der Waals surface area contributed by atoms with E-state index in [1.807, 2.05) is 19.3 Å². The molecular formula is C9H13N3. The number of hydrogen-bond donors (Lipinski definition) is 1. The molecule has 0 unspecified atom stereocenters. The van der Waals surface area contributed by atoms with Gasteiger partial charge < -0.3 is 5.32 Å². The molecule has 3 heteroatoms. The van der Waals surface area contributed by atoms with E-state index in [-0.39, 0.29) is 0 Å². The number of hydrogen-bond acceptors (Lipinski definition) is 3. The third-order valence-corrected chi connectivity index (χ3v) is 2.42. The van der Waals surface area contributed by atoms with E-state index in [4.69, 9.17) is 0 Å². The normalized spacial score (nSPS) is 17.1. The van der Waals surface area contributed by atoms with Gasteiger partial charge >= 0.3 is 0 Å². The van der Waals surface area contributed by atoms with Gasteiger partial charge in [-0.25, -0.2) is 9.97 Å². The number of aromatic nitrogens is 2. The van der Waals surface area contributed by atoms with Crippen molar-refractivity contribution in [1.29, 1.82) is 0 Å². The smallest absolute Gasteiger partial charge is 0.222 e. The van der Waals surface area contributed by atoms with Crippen LogP contribution < -0.4 is 5.32 Å². The topological polar surface area (TPSA) is 37.8 Å². The van der Waals surface area contributed by atoms with E-state index in [2.05, 4.69) is 15.3 Å². The Labute approximate surface area is 72.2 Å². The average molecular weight is 163 g/mol. The minimum atomic E-state index is 0.695. The van der Waals surface area contributed by atoms with E-state index in [9.17, 15) is 0 Å². The lowest BCUT2D eigenvalue weighted by Crippen LogP contribution is -2.11. The maximum Gasteiger partial charge on any atom is 0.222 e. The van der Waals surface area contributed by atoms with Crippen molar-refractivity contribution in [3.05, 3.63) is 18.0 Å². The van der Waals surface area contributed by atoms with E-state index in [0.717, 1.165) is 5.95 Å². The van der Waals surface area contributed by atoms with E-state index < -0.39 is 0 Å². The Kier molecular flexibility index (Phi) is 1.94. The first-order valence-electron chi connectivity index (χ1n) is 4.41. The lowest BCUT2D eigenvalue weighted by Gasteiger charge is -2.24. The van der Waals surface area contributed by atoms with E-state index >= 15 is 0 Å². The zero-order valence-electron chi connectivity index (χ0n) is 7.25. The number of nitrogens with zero attached hydrogens (tertiary/aromatic N) is 2. The molecule has 0 amide bonds. The van der Waals surface area contributed by atoms with E-state index in [0.29, 0.717) is 5.92 Å². The molecule has 1 fully saturated rings. The molecule has 1 N–H and O–H groups in total. The quantitative estimate of drug-likeness (QED) is 0.722. The molecule has 0 saturated heterocycles. The molecule has 0 bridgehead atoms. The van der Waals surface area contributed by atoms with E-state index in [1.54, 1.807) is 0 Å². The summed E-state index contributed by atoms with van der Waals surface area (Å²) in [6, 6.07) is 2.02. The standard InChI is InChI=1S/C9H13N3/c1-10-9-11-6-5-8(12-9)7-3-2-4-7/h5-7H,2-4H2,1H3,(H,10,11,12). The zero-order valence-corrected chi connectivity index (χ0v) is 7.25. The highest BCUT2D eigenvalue weighted by Gasteiger charge is 2.20. The van der Waals surface area contributed by atoms with Crippen LogP contribution in [-0.4, -0.2) is 17.0 Å². The predicted molar refractivity (Wildman–Crippen MR) is 48.2 cm³/mol. The minimum absolute atomic E-state index is 0.695. The summed E-state index contributed by atoms with van der Waals surface area (Å²) in [6.45, 7) is 0. The van der Waals surface area contributed by atoms with Gasteiger partial charge in [0.25, 0.3) is 0 Å². The molecule has 1 aromatic rings. The first-order valence-corrected chi connectivity index (χ1v) is 4.41. The van der Waals surface area contributed by atoms with Crippen molar-refractivity contribution in [3.8, 4) is 0 Å². The summed E-state index contributed by atoms with van der Waals surface area (Å²) in [6.07, 6.45) is 5.76. The van der Waals surface area contributed by atoms with Crippen LogP contribution in [0.15, 0.2) is 12.3 Å². The van der Waals surface area contributed by atoms with Crippen LogP contribution in [0, 0.1) is 0 Å². The summed E-state index contributed by atoms with van der Waals surface area (Å²) in [4.78, 5) is 8.47. The second-order valence-corrected chi connectivity index (χ2v) is 3.18. The summed E-state index contributed by atoms with van der Waals surface area (Å²) >= 11 is 0. The molecule has 1 aliphatic carbocycles. The van der Waals surface area contributed by atoms with E-state index in [1.165, 1.54) is 25.0 Å². The Morgan fingerprint density at radius 2 is 2.33 bits per heavy atom. The first kappa shape index (κ1) is 7.53. The monoisotopic (exact) mass is 163 g/mol. The van der Waals surface area contributed by atoms with Gasteiger partial charge in [-0.1, -0.05) is 6.42 Å². The molecule has 1 saturated carbocycles. The van der Waals surface area contributed by atoms with Gasteiger partial charge in [0.05, 0.1) is 0 Å². The largest absolute Gasteiger partial charge is 0.357 e. The Hall–Kier alpha value is -1.12. The summed E-state index contributed by atoms with van der Waals surface area (Å²) < 4.78 is 0. The first-order chi connectivity index (χ1) is 5.90. The fourth-order valence-corrected chi connectivity index (χ4v) is 1.42. The molecule has 0 spiro atoms. The third kappa shape index (κ3) is 1.26. The predicted octanol–water partition coefficient (Wildman–Crippen LogP) is 1.79. The van der Waals surface area contributed by atoms with Crippen molar-refractivity contribution in [1.82, 2.24) is 9.97 Å². The van der Waals surface area contributed by atoms with Crippen LogP contribution in [0.4, 0.5) is 5.95 Å². The third-order valence-electron chi connectivity index (χ3n) is 2.42. The van der Waals surface area contributed by atoms with Gasteiger partial charge in [-0.2, -0.15) is 0 Å². The molecule has 0 radical (unpaired) electrons. The fraction of sp³-hybridized carbons (Fsp3) is 0.556. The highest BCUT2D eigenvalue weighted by Crippen LogP contribution is 2.35. The molecule has 3 nitrogen and oxygen atoms in total. The molecule has 1 aliphatic rings. The highest BCUT2D eigenvalue weighted by molar-refractivity contribution is 5.25. The lowest BCUT2D eigenvalue weighted by molar-refractivity contribution is 0.411. The second kappa shape index (κ2) is 3.09. The second-order valence-electron chi connectivity index (χ2n) is 3.18. The summed E-state index contributed by atoms with van der Waals surface area (Å²) in [5, 5.41) is 2.95. The zero-order chi connectivity index (χ0) is 8.39. The Morgan fingerprint density at radius 1 is 1.50 bits per heavy atom. The SMILES string of the molecule is CNc1nccc(C2CCC2)n1. The van der Waals surface area contributed by atoms with Crippen LogP contribution in [-0.2, 0) is 0 Å². The fourth-order valence-electron chi connectivity index (χ4n) is 1.42. The number of rotatable bonds is 2. The Morgan fingerprint density at radius 3 is 2.92 bits per heavy atom. The van der Waals surface area contributed by atoms with Gasteiger partial charge in [0, 0.05) is 24.9 Å². The van der Waals surface area contributed by atoms with Crippen LogP contribution in [0.3, 0.4) is 0 Å². The summed E-state index contributed by atoms with van der Waals surface area (Å²) in [5.41, 5.74) is 1.20. The minimum Gasteiger partial charge on any atom is -0.357 e. The van der Waals surface area contributed by atoms with Gasteiger partial charge in [-0.3, -0.25) is 0 Å².